The molecule has 10 nitrogen and oxygen atoms in total. The zero-order valence-corrected chi connectivity index (χ0v) is 28.9. The van der Waals surface area contributed by atoms with Crippen molar-refractivity contribution in [2.75, 3.05) is 20.8 Å². The molecular formula is C41H42N2O8. The van der Waals surface area contributed by atoms with E-state index >= 15 is 0 Å². The summed E-state index contributed by atoms with van der Waals surface area (Å²) in [7, 11) is 3.29. The van der Waals surface area contributed by atoms with Gasteiger partial charge in [-0.2, -0.15) is 0 Å². The summed E-state index contributed by atoms with van der Waals surface area (Å²) in [6, 6.07) is 35.8. The van der Waals surface area contributed by atoms with Gasteiger partial charge in [-0.15, -0.1) is 0 Å². The van der Waals surface area contributed by atoms with Crippen molar-refractivity contribution in [1.82, 2.24) is 9.55 Å². The summed E-state index contributed by atoms with van der Waals surface area (Å²) in [6.07, 6.45) is -0.474. The summed E-state index contributed by atoms with van der Waals surface area (Å²) in [5, 5.41) is 0. The van der Waals surface area contributed by atoms with Crippen LogP contribution in [0.5, 0.6) is 11.5 Å². The minimum atomic E-state index is -1.10. The molecule has 5 atom stereocenters. The summed E-state index contributed by atoms with van der Waals surface area (Å²) in [5.74, 6) is 1.44. The van der Waals surface area contributed by atoms with Gasteiger partial charge in [0, 0.05) is 24.8 Å². The predicted octanol–water partition coefficient (Wildman–Crippen LogP) is 5.90. The molecule has 51 heavy (non-hydrogen) atoms. The van der Waals surface area contributed by atoms with Crippen molar-refractivity contribution in [3.8, 4) is 11.5 Å². The van der Waals surface area contributed by atoms with Crippen molar-refractivity contribution in [3.63, 3.8) is 0 Å². The van der Waals surface area contributed by atoms with Crippen LogP contribution in [-0.2, 0) is 31.2 Å². The van der Waals surface area contributed by atoms with E-state index in [9.17, 15) is 9.59 Å². The molecule has 2 saturated heterocycles. The van der Waals surface area contributed by atoms with Gasteiger partial charge in [-0.1, -0.05) is 84.9 Å². The molecule has 0 bridgehead atoms. The fraction of sp³-hybridized carbons (Fsp3) is 0.317. The van der Waals surface area contributed by atoms with Gasteiger partial charge in [0.25, 0.3) is 5.56 Å². The van der Waals surface area contributed by atoms with Gasteiger partial charge in [0.05, 0.1) is 33.0 Å². The molecule has 0 aliphatic carbocycles. The van der Waals surface area contributed by atoms with Crippen LogP contribution in [0.15, 0.2) is 125 Å². The molecule has 0 amide bonds. The molecule has 0 radical (unpaired) electrons. The largest absolute Gasteiger partial charge is 0.497 e. The number of hydrogen-bond donors (Lipinski definition) is 1. The molecule has 3 heterocycles. The van der Waals surface area contributed by atoms with Gasteiger partial charge in [0.15, 0.2) is 0 Å². The molecule has 1 N–H and O–H groups in total. The number of H-pyrrole nitrogens is 1. The van der Waals surface area contributed by atoms with Gasteiger partial charge < -0.3 is 28.4 Å². The second kappa shape index (κ2) is 15.1. The van der Waals surface area contributed by atoms with Crippen LogP contribution in [-0.4, -0.2) is 54.8 Å². The van der Waals surface area contributed by atoms with Crippen LogP contribution in [0.25, 0.3) is 0 Å². The van der Waals surface area contributed by atoms with Crippen LogP contribution in [0.3, 0.4) is 0 Å². The number of methoxy groups -OCH3 is 2. The molecule has 7 rings (SSSR count). The lowest BCUT2D eigenvalue weighted by atomic mass is 9.79. The third-order valence-electron chi connectivity index (χ3n) is 9.78. The van der Waals surface area contributed by atoms with Crippen LogP contribution >= 0.6 is 0 Å². The highest BCUT2D eigenvalue weighted by Gasteiger charge is 2.51. The van der Waals surface area contributed by atoms with Crippen molar-refractivity contribution < 1.29 is 28.4 Å². The number of nitrogens with one attached hydrogen (secondary N) is 1. The first kappa shape index (κ1) is 34.4. The van der Waals surface area contributed by atoms with E-state index in [0.29, 0.717) is 31.6 Å². The maximum absolute atomic E-state index is 13.2. The highest BCUT2D eigenvalue weighted by Crippen LogP contribution is 2.46. The Morgan fingerprint density at radius 1 is 0.765 bits per heavy atom. The molecule has 10 heteroatoms. The van der Waals surface area contributed by atoms with Crippen molar-refractivity contribution in [2.24, 2.45) is 0 Å². The predicted molar refractivity (Wildman–Crippen MR) is 191 cm³/mol. The molecular weight excluding hydrogens is 648 g/mol. The first-order valence-corrected chi connectivity index (χ1v) is 17.2. The van der Waals surface area contributed by atoms with E-state index in [1.165, 1.54) is 4.57 Å². The zero-order valence-electron chi connectivity index (χ0n) is 28.9. The second-order valence-electron chi connectivity index (χ2n) is 12.9. The summed E-state index contributed by atoms with van der Waals surface area (Å²) >= 11 is 0. The number of aromatic amines is 1. The molecule has 2 aliphatic heterocycles. The SMILES string of the molecule is COc1ccc(C(O[C@H]2CCO[C@@H]3[C@@H]2O[C@@H](n2cc(C)c(=O)[nH]c2=O)C[C@@H]3OCc2ccccc2)(c2ccccc2)c2ccc(OC)cc2)cc1. The summed E-state index contributed by atoms with van der Waals surface area (Å²) < 4.78 is 39.9. The Morgan fingerprint density at radius 2 is 1.35 bits per heavy atom. The summed E-state index contributed by atoms with van der Waals surface area (Å²) in [6.45, 7) is 2.43. The monoisotopic (exact) mass is 690 g/mol. The molecule has 0 spiro atoms. The number of aromatic nitrogens is 2. The molecule has 0 saturated carbocycles. The number of ether oxygens (including phenoxy) is 6. The van der Waals surface area contributed by atoms with E-state index in [1.807, 2.05) is 97.1 Å². The lowest BCUT2D eigenvalue weighted by Gasteiger charge is -2.49. The van der Waals surface area contributed by atoms with Gasteiger partial charge in [-0.3, -0.25) is 14.3 Å². The maximum atomic E-state index is 13.2. The van der Waals surface area contributed by atoms with Gasteiger partial charge in [0.1, 0.15) is 35.5 Å². The highest BCUT2D eigenvalue weighted by molar-refractivity contribution is 5.50. The topological polar surface area (TPSA) is 110 Å². The van der Waals surface area contributed by atoms with Crippen LogP contribution in [0.4, 0.5) is 0 Å². The summed E-state index contributed by atoms with van der Waals surface area (Å²) in [4.78, 5) is 28.0. The number of benzene rings is 4. The van der Waals surface area contributed by atoms with E-state index in [4.69, 9.17) is 28.4 Å². The van der Waals surface area contributed by atoms with Gasteiger partial charge in [-0.25, -0.2) is 4.79 Å². The highest BCUT2D eigenvalue weighted by atomic mass is 16.6. The molecule has 4 aromatic carbocycles. The lowest BCUT2D eigenvalue weighted by Crippen LogP contribution is -2.59. The van der Waals surface area contributed by atoms with Crippen molar-refractivity contribution >= 4 is 0 Å². The van der Waals surface area contributed by atoms with E-state index in [1.54, 1.807) is 27.3 Å². The third kappa shape index (κ3) is 7.00. The first-order valence-electron chi connectivity index (χ1n) is 17.2. The van der Waals surface area contributed by atoms with Crippen LogP contribution in [0, 0.1) is 6.92 Å². The minimum absolute atomic E-state index is 0.326. The fourth-order valence-corrected chi connectivity index (χ4v) is 7.15. The average molecular weight is 691 g/mol. The van der Waals surface area contributed by atoms with Gasteiger partial charge >= 0.3 is 5.69 Å². The number of rotatable bonds is 11. The molecule has 2 fully saturated rings. The normalized spacial score (nSPS) is 21.8. The van der Waals surface area contributed by atoms with Crippen molar-refractivity contribution in [2.45, 2.75) is 62.6 Å². The van der Waals surface area contributed by atoms with E-state index in [0.717, 1.165) is 33.8 Å². The zero-order chi connectivity index (χ0) is 35.4. The van der Waals surface area contributed by atoms with E-state index in [-0.39, 0.29) is 0 Å². The van der Waals surface area contributed by atoms with Crippen LogP contribution in [0.1, 0.15) is 46.9 Å². The minimum Gasteiger partial charge on any atom is -0.497 e. The molecule has 2 aliphatic rings. The van der Waals surface area contributed by atoms with Gasteiger partial charge in [0.2, 0.25) is 0 Å². The summed E-state index contributed by atoms with van der Waals surface area (Å²) in [5.41, 5.74) is 2.01. The lowest BCUT2D eigenvalue weighted by molar-refractivity contribution is -0.280. The Labute approximate surface area is 296 Å². The third-order valence-corrected chi connectivity index (χ3v) is 9.78. The fourth-order valence-electron chi connectivity index (χ4n) is 7.15. The number of nitrogens with zero attached hydrogens (tertiary/aromatic N) is 1. The Kier molecular flexibility index (Phi) is 10.2. The molecule has 264 valence electrons. The number of hydrogen-bond acceptors (Lipinski definition) is 8. The quantitative estimate of drug-likeness (QED) is 0.171. The molecule has 0 unspecified atom stereocenters. The smallest absolute Gasteiger partial charge is 0.330 e. The Morgan fingerprint density at radius 3 is 1.96 bits per heavy atom. The standard InChI is InChI=1S/C41H42N2O8/c1-27-25-43(40(45)42-39(27)44)36-24-35(49-26-28-10-6-4-7-11-28)37-38(50-36)34(22-23-48-37)51-41(29-12-8-5-9-13-29,30-14-18-32(46-2)19-15-30)31-16-20-33(47-3)21-17-31/h4-21,25,34-38H,22-24,26H2,1-3H3,(H,42,44,45)/t34-,35-,36+,37-,38+/m0/s1. The van der Waals surface area contributed by atoms with Crippen LogP contribution < -0.4 is 20.7 Å². The first-order chi connectivity index (χ1) is 24.9. The van der Waals surface area contributed by atoms with E-state index < -0.39 is 47.5 Å². The Bertz CT molecular complexity index is 1960. The molecule has 5 aromatic rings. The second-order valence-corrected chi connectivity index (χ2v) is 12.9. The van der Waals surface area contributed by atoms with Crippen molar-refractivity contribution in [3.05, 3.63) is 164 Å². The molecule has 1 aromatic heterocycles. The van der Waals surface area contributed by atoms with Crippen molar-refractivity contribution in [1.29, 1.82) is 0 Å². The Hall–Kier alpha value is -5.00. The maximum Gasteiger partial charge on any atom is 0.330 e. The van der Waals surface area contributed by atoms with Gasteiger partial charge in [-0.05, 0) is 59.9 Å². The van der Waals surface area contributed by atoms with E-state index in [2.05, 4.69) is 17.1 Å². The van der Waals surface area contributed by atoms with Crippen LogP contribution in [0.2, 0.25) is 0 Å². The Balaban J connectivity index is 1.33. The number of aryl methyl sites for hydroxylation is 1. The number of fused-ring (bicyclic) bond motifs is 1. The average Bonchev–Trinajstić information content (AvgIpc) is 3.18.